The van der Waals surface area contributed by atoms with Crippen molar-refractivity contribution in [1.29, 1.82) is 0 Å². The molecule has 1 N–H and O–H groups in total. The molecule has 0 aliphatic rings. The van der Waals surface area contributed by atoms with Crippen molar-refractivity contribution in [3.63, 3.8) is 0 Å². The fourth-order valence-corrected chi connectivity index (χ4v) is 1.76. The van der Waals surface area contributed by atoms with Crippen LogP contribution in [0.2, 0.25) is 0 Å². The summed E-state index contributed by atoms with van der Waals surface area (Å²) in [5.41, 5.74) is 1.64. The molecule has 0 fully saturated rings. The summed E-state index contributed by atoms with van der Waals surface area (Å²) in [7, 11) is 0. The van der Waals surface area contributed by atoms with Crippen molar-refractivity contribution in [2.24, 2.45) is 0 Å². The zero-order valence-corrected chi connectivity index (χ0v) is 10.2. The predicted molar refractivity (Wildman–Crippen MR) is 64.7 cm³/mol. The Kier molecular flexibility index (Phi) is 4.02. The van der Waals surface area contributed by atoms with Gasteiger partial charge in [0.15, 0.2) is 0 Å². The Morgan fingerprint density at radius 3 is 2.14 bits per heavy atom. The molecule has 1 aromatic carbocycles. The number of hydrogen-bond acceptors (Lipinski definition) is 2. The molecule has 0 heterocycles. The second-order valence-electron chi connectivity index (χ2n) is 4.37. The third-order valence-electron chi connectivity index (χ3n) is 2.05. The summed E-state index contributed by atoms with van der Waals surface area (Å²) < 4.78 is 3.24. The number of benzene rings is 1. The first-order valence-electron chi connectivity index (χ1n) is 5.04. The molecule has 14 heavy (non-hydrogen) atoms. The van der Waals surface area contributed by atoms with Crippen LogP contribution in [-0.4, -0.2) is 6.54 Å². The zero-order valence-electron chi connectivity index (χ0n) is 9.42. The van der Waals surface area contributed by atoms with Crippen molar-refractivity contribution in [2.45, 2.75) is 38.0 Å². The lowest BCUT2D eigenvalue weighted by molar-refractivity contribution is 0.590. The first-order valence-corrected chi connectivity index (χ1v) is 5.86. The highest BCUT2D eigenvalue weighted by Gasteiger charge is 2.12. The maximum atomic E-state index is 3.24. The molecule has 0 radical (unpaired) electrons. The Morgan fingerprint density at radius 1 is 1.14 bits per heavy atom. The predicted octanol–water partition coefficient (Wildman–Crippen LogP) is 3.60. The summed E-state index contributed by atoms with van der Waals surface area (Å²) in [4.78, 5) is 1.28. The summed E-state index contributed by atoms with van der Waals surface area (Å²) in [6.45, 7) is 9.81. The molecule has 78 valence electrons. The molecular weight excluding hydrogens is 190 g/mol. The maximum absolute atomic E-state index is 3.24. The third kappa shape index (κ3) is 3.35. The molecule has 0 aromatic heterocycles. The monoisotopic (exact) mass is 209 g/mol. The second kappa shape index (κ2) is 4.85. The molecule has 1 rings (SSSR count). The van der Waals surface area contributed by atoms with Gasteiger partial charge in [0.2, 0.25) is 0 Å². The van der Waals surface area contributed by atoms with E-state index in [2.05, 4.69) is 56.7 Å². The molecule has 0 aliphatic carbocycles. The molecule has 0 atom stereocenters. The van der Waals surface area contributed by atoms with E-state index in [0.29, 0.717) is 0 Å². The normalized spacial score (nSPS) is 11.7. The van der Waals surface area contributed by atoms with Crippen LogP contribution in [-0.2, 0) is 5.41 Å². The highest BCUT2D eigenvalue weighted by Crippen LogP contribution is 2.24. The van der Waals surface area contributed by atoms with Gasteiger partial charge in [-0.1, -0.05) is 39.8 Å². The minimum Gasteiger partial charge on any atom is -0.260 e. The lowest BCUT2D eigenvalue weighted by atomic mass is 9.87. The van der Waals surface area contributed by atoms with Gasteiger partial charge in [0.1, 0.15) is 0 Å². The van der Waals surface area contributed by atoms with Gasteiger partial charge < -0.3 is 0 Å². The van der Waals surface area contributed by atoms with Crippen LogP contribution in [0, 0.1) is 0 Å². The molecule has 1 nitrogen and oxygen atoms in total. The van der Waals surface area contributed by atoms with Gasteiger partial charge >= 0.3 is 0 Å². The van der Waals surface area contributed by atoms with Crippen LogP contribution in [0.3, 0.4) is 0 Å². The first-order chi connectivity index (χ1) is 6.54. The molecule has 0 bridgehead atoms. The Balaban J connectivity index is 2.69. The molecule has 2 heteroatoms. The van der Waals surface area contributed by atoms with Gasteiger partial charge in [-0.05, 0) is 35.1 Å². The van der Waals surface area contributed by atoms with E-state index in [1.807, 2.05) is 0 Å². The second-order valence-corrected chi connectivity index (χ2v) is 5.34. The topological polar surface area (TPSA) is 12.0 Å². The van der Waals surface area contributed by atoms with Crippen LogP contribution in [0.1, 0.15) is 33.3 Å². The Hall–Kier alpha value is -0.470. The lowest BCUT2D eigenvalue weighted by Gasteiger charge is -2.18. The van der Waals surface area contributed by atoms with Gasteiger partial charge in [0.05, 0.1) is 0 Å². The van der Waals surface area contributed by atoms with Gasteiger partial charge in [0, 0.05) is 11.4 Å². The smallest absolute Gasteiger partial charge is 0.0228 e. The van der Waals surface area contributed by atoms with Gasteiger partial charge in [0.25, 0.3) is 0 Å². The number of hydrogen-bond donors (Lipinski definition) is 1. The maximum Gasteiger partial charge on any atom is 0.0228 e. The summed E-state index contributed by atoms with van der Waals surface area (Å²) in [6.07, 6.45) is 0. The summed E-state index contributed by atoms with van der Waals surface area (Å²) in [6, 6.07) is 8.77. The van der Waals surface area contributed by atoms with Crippen molar-refractivity contribution < 1.29 is 0 Å². The molecule has 0 unspecified atom stereocenters. The van der Waals surface area contributed by atoms with E-state index in [9.17, 15) is 0 Å². The zero-order chi connectivity index (χ0) is 10.6. The van der Waals surface area contributed by atoms with Gasteiger partial charge in [-0.15, -0.1) is 0 Å². The van der Waals surface area contributed by atoms with E-state index in [4.69, 9.17) is 0 Å². The fraction of sp³-hybridized carbons (Fsp3) is 0.500. The molecule has 0 aliphatic heterocycles. The standard InChI is InChI=1S/C12H19NS/c1-5-13-14-11-8-6-10(7-9-11)12(2,3)4/h6-9,13H,5H2,1-4H3. The van der Waals surface area contributed by atoms with Gasteiger partial charge in [-0.25, -0.2) is 0 Å². The van der Waals surface area contributed by atoms with Crippen LogP contribution in [0.15, 0.2) is 29.2 Å². The molecule has 0 amide bonds. The van der Waals surface area contributed by atoms with E-state index < -0.39 is 0 Å². The molecule has 0 saturated heterocycles. The van der Waals surface area contributed by atoms with Crippen LogP contribution in [0.5, 0.6) is 0 Å². The van der Waals surface area contributed by atoms with E-state index in [0.717, 1.165) is 6.54 Å². The molecule has 0 saturated carbocycles. The van der Waals surface area contributed by atoms with Gasteiger partial charge in [-0.3, -0.25) is 4.72 Å². The average Bonchev–Trinajstić information content (AvgIpc) is 2.14. The summed E-state index contributed by atoms with van der Waals surface area (Å²) >= 11 is 1.69. The largest absolute Gasteiger partial charge is 0.260 e. The van der Waals surface area contributed by atoms with E-state index in [1.54, 1.807) is 11.9 Å². The quantitative estimate of drug-likeness (QED) is 0.763. The van der Waals surface area contributed by atoms with Gasteiger partial charge in [-0.2, -0.15) is 0 Å². The SMILES string of the molecule is CCNSc1ccc(C(C)(C)C)cc1. The van der Waals surface area contributed by atoms with Crippen molar-refractivity contribution in [3.8, 4) is 0 Å². The van der Waals surface area contributed by atoms with Crippen LogP contribution < -0.4 is 4.72 Å². The summed E-state index contributed by atoms with van der Waals surface area (Å²) in [5, 5.41) is 0. The minimum absolute atomic E-state index is 0.251. The number of nitrogens with one attached hydrogen (secondary N) is 1. The van der Waals surface area contributed by atoms with Crippen molar-refractivity contribution >= 4 is 11.9 Å². The van der Waals surface area contributed by atoms with Crippen LogP contribution in [0.25, 0.3) is 0 Å². The van der Waals surface area contributed by atoms with Crippen molar-refractivity contribution in [3.05, 3.63) is 29.8 Å². The van der Waals surface area contributed by atoms with Crippen LogP contribution in [0.4, 0.5) is 0 Å². The van der Waals surface area contributed by atoms with E-state index in [1.165, 1.54) is 10.5 Å². The third-order valence-corrected chi connectivity index (χ3v) is 3.00. The molecule has 1 aromatic rings. The number of rotatable bonds is 3. The highest BCUT2D eigenvalue weighted by atomic mass is 32.2. The average molecular weight is 209 g/mol. The lowest BCUT2D eigenvalue weighted by Crippen LogP contribution is -2.10. The van der Waals surface area contributed by atoms with Crippen molar-refractivity contribution in [1.82, 2.24) is 4.72 Å². The fourth-order valence-electron chi connectivity index (χ4n) is 1.18. The molecule has 0 spiro atoms. The van der Waals surface area contributed by atoms with Crippen LogP contribution >= 0.6 is 11.9 Å². The first kappa shape index (κ1) is 11.6. The Labute approximate surface area is 91.4 Å². The molecular formula is C12H19NS. The van der Waals surface area contributed by atoms with E-state index in [-0.39, 0.29) is 5.41 Å². The van der Waals surface area contributed by atoms with Crippen molar-refractivity contribution in [2.75, 3.05) is 6.54 Å². The van der Waals surface area contributed by atoms with E-state index >= 15 is 0 Å². The highest BCUT2D eigenvalue weighted by molar-refractivity contribution is 7.97. The Bertz CT molecular complexity index is 271. The summed E-state index contributed by atoms with van der Waals surface area (Å²) in [5.74, 6) is 0. The Morgan fingerprint density at radius 2 is 1.71 bits per heavy atom. The minimum atomic E-state index is 0.251.